The van der Waals surface area contributed by atoms with E-state index in [0.717, 1.165) is 66.7 Å². The number of benzene rings is 2. The fourth-order valence-electron chi connectivity index (χ4n) is 5.17. The Bertz CT molecular complexity index is 1220. The van der Waals surface area contributed by atoms with E-state index < -0.39 is 0 Å². The maximum Gasteiger partial charge on any atom is 0.247 e. The van der Waals surface area contributed by atoms with Crippen molar-refractivity contribution in [2.24, 2.45) is 0 Å². The second-order valence-corrected chi connectivity index (χ2v) is 9.66. The van der Waals surface area contributed by atoms with Crippen LogP contribution in [0, 0.1) is 18.8 Å². The molecule has 0 saturated heterocycles. The van der Waals surface area contributed by atoms with Crippen molar-refractivity contribution in [1.82, 2.24) is 10.2 Å². The van der Waals surface area contributed by atoms with Crippen LogP contribution >= 0.6 is 0 Å². The molecule has 2 saturated carbocycles. The lowest BCUT2D eigenvalue weighted by Crippen LogP contribution is -2.32. The molecule has 0 amide bonds. The van der Waals surface area contributed by atoms with E-state index >= 15 is 0 Å². The molecule has 1 aromatic heterocycles. The van der Waals surface area contributed by atoms with Crippen LogP contribution in [0.5, 0.6) is 11.5 Å². The largest absolute Gasteiger partial charge is 0.493 e. The highest BCUT2D eigenvalue weighted by Gasteiger charge is 2.36. The number of aryl methyl sites for hydroxylation is 1. The molecule has 5 rings (SSSR count). The molecule has 0 unspecified atom stereocenters. The van der Waals surface area contributed by atoms with Crippen molar-refractivity contribution in [3.05, 3.63) is 59.5 Å². The van der Waals surface area contributed by atoms with Crippen LogP contribution < -0.4 is 9.47 Å². The highest BCUT2D eigenvalue weighted by atomic mass is 16.5. The summed E-state index contributed by atoms with van der Waals surface area (Å²) in [5.41, 5.74) is 2.49. The van der Waals surface area contributed by atoms with E-state index in [1.165, 1.54) is 12.8 Å². The van der Waals surface area contributed by atoms with Crippen molar-refractivity contribution in [2.45, 2.75) is 75.9 Å². The van der Waals surface area contributed by atoms with Crippen molar-refractivity contribution in [2.75, 3.05) is 7.11 Å². The Labute approximate surface area is 206 Å². The van der Waals surface area contributed by atoms with E-state index in [1.807, 2.05) is 30.3 Å². The van der Waals surface area contributed by atoms with Gasteiger partial charge in [0.15, 0.2) is 11.5 Å². The molecule has 0 bridgehead atoms. The molecule has 3 aromatic rings. The molecule has 2 aromatic carbocycles. The van der Waals surface area contributed by atoms with Gasteiger partial charge in [0.25, 0.3) is 0 Å². The standard InChI is InChI=1S/C29H32N2O4/c1-20-30-31-28(34-20)22-7-5-6-21(18-22)12-15-29(16-13-24(32)14-17-29)23-10-11-26(33-2)27(19-23)35-25-8-3-4-9-25/h5-7,10-11,18-19,24-25,32H,3-4,8-9,13-14,16-17H2,1-2H3. The minimum absolute atomic E-state index is 0.241. The van der Waals surface area contributed by atoms with Crippen LogP contribution in [0.1, 0.15) is 68.4 Å². The second-order valence-electron chi connectivity index (χ2n) is 9.66. The number of nitrogens with zero attached hydrogens (tertiary/aromatic N) is 2. The van der Waals surface area contributed by atoms with Gasteiger partial charge in [-0.3, -0.25) is 0 Å². The number of methoxy groups -OCH3 is 1. The minimum atomic E-state index is -0.365. The quantitative estimate of drug-likeness (QED) is 0.487. The summed E-state index contributed by atoms with van der Waals surface area (Å²) in [4.78, 5) is 0. The molecule has 1 N–H and O–H groups in total. The van der Waals surface area contributed by atoms with Gasteiger partial charge in [-0.15, -0.1) is 10.2 Å². The summed E-state index contributed by atoms with van der Waals surface area (Å²) in [6.45, 7) is 1.78. The van der Waals surface area contributed by atoms with Gasteiger partial charge >= 0.3 is 0 Å². The summed E-state index contributed by atoms with van der Waals surface area (Å²) in [6, 6.07) is 14.1. The highest BCUT2D eigenvalue weighted by molar-refractivity contribution is 5.57. The van der Waals surface area contributed by atoms with E-state index in [1.54, 1.807) is 14.0 Å². The third-order valence-corrected chi connectivity index (χ3v) is 7.20. The van der Waals surface area contributed by atoms with Crippen molar-refractivity contribution >= 4 is 0 Å². The average Bonchev–Trinajstić information content (AvgIpc) is 3.56. The number of rotatable bonds is 5. The fourth-order valence-corrected chi connectivity index (χ4v) is 5.17. The number of hydrogen-bond acceptors (Lipinski definition) is 6. The molecule has 1 heterocycles. The van der Waals surface area contributed by atoms with Crippen LogP contribution in [-0.4, -0.2) is 34.6 Å². The first-order chi connectivity index (χ1) is 17.0. The van der Waals surface area contributed by atoms with Crippen LogP contribution in [0.4, 0.5) is 0 Å². The number of ether oxygens (including phenoxy) is 2. The number of hydrogen-bond donors (Lipinski definition) is 1. The van der Waals surface area contributed by atoms with Crippen molar-refractivity contribution < 1.29 is 19.0 Å². The van der Waals surface area contributed by atoms with Crippen LogP contribution in [0.25, 0.3) is 11.5 Å². The Hall–Kier alpha value is -3.30. The Balaban J connectivity index is 1.49. The summed E-state index contributed by atoms with van der Waals surface area (Å²) < 4.78 is 17.6. The van der Waals surface area contributed by atoms with Gasteiger partial charge in [-0.05, 0) is 87.3 Å². The Kier molecular flexibility index (Phi) is 6.79. The van der Waals surface area contributed by atoms with E-state index in [0.29, 0.717) is 11.8 Å². The van der Waals surface area contributed by atoms with Gasteiger partial charge < -0.3 is 19.0 Å². The van der Waals surface area contributed by atoms with Crippen LogP contribution in [0.15, 0.2) is 46.9 Å². The zero-order valence-corrected chi connectivity index (χ0v) is 20.4. The molecule has 2 aliphatic carbocycles. The predicted octanol–water partition coefficient (Wildman–Crippen LogP) is 5.60. The highest BCUT2D eigenvalue weighted by Crippen LogP contribution is 2.43. The second kappa shape index (κ2) is 10.1. The first-order valence-electron chi connectivity index (χ1n) is 12.5. The third-order valence-electron chi connectivity index (χ3n) is 7.20. The normalized spacial score (nSPS) is 22.4. The zero-order chi connectivity index (χ0) is 24.3. The summed E-state index contributed by atoms with van der Waals surface area (Å²) in [5, 5.41) is 18.3. The molecule has 35 heavy (non-hydrogen) atoms. The Morgan fingerprint density at radius 2 is 1.80 bits per heavy atom. The van der Waals surface area contributed by atoms with Crippen molar-refractivity contribution in [3.63, 3.8) is 0 Å². The summed E-state index contributed by atoms with van der Waals surface area (Å²) in [5.74, 6) is 9.59. The topological polar surface area (TPSA) is 77.6 Å². The third kappa shape index (κ3) is 5.21. The van der Waals surface area contributed by atoms with Crippen LogP contribution in [-0.2, 0) is 5.41 Å². The minimum Gasteiger partial charge on any atom is -0.493 e. The molecular weight excluding hydrogens is 440 g/mol. The van der Waals surface area contributed by atoms with E-state index in [2.05, 4.69) is 34.2 Å². The summed E-state index contributed by atoms with van der Waals surface area (Å²) >= 11 is 0. The lowest BCUT2D eigenvalue weighted by molar-refractivity contribution is 0.110. The SMILES string of the molecule is COc1ccc(C2(C#Cc3cccc(-c4nnc(C)o4)c3)CCC(O)CC2)cc1OC1CCCC1. The van der Waals surface area contributed by atoms with Gasteiger partial charge in [0.1, 0.15) is 0 Å². The van der Waals surface area contributed by atoms with E-state index in [4.69, 9.17) is 13.9 Å². The van der Waals surface area contributed by atoms with Crippen molar-refractivity contribution in [3.8, 4) is 34.8 Å². The summed E-state index contributed by atoms with van der Waals surface area (Å²) in [7, 11) is 1.68. The number of aromatic nitrogens is 2. The first kappa shape index (κ1) is 23.4. The molecule has 0 atom stereocenters. The molecule has 2 aliphatic rings. The first-order valence-corrected chi connectivity index (χ1v) is 12.5. The molecule has 0 spiro atoms. The van der Waals surface area contributed by atoms with Crippen LogP contribution in [0.2, 0.25) is 0 Å². The van der Waals surface area contributed by atoms with Crippen molar-refractivity contribution in [1.29, 1.82) is 0 Å². The Morgan fingerprint density at radius 3 is 2.51 bits per heavy atom. The Morgan fingerprint density at radius 1 is 1.00 bits per heavy atom. The van der Waals surface area contributed by atoms with Gasteiger partial charge in [0, 0.05) is 18.1 Å². The molecule has 6 nitrogen and oxygen atoms in total. The lowest BCUT2D eigenvalue weighted by atomic mass is 9.69. The van der Waals surface area contributed by atoms with Gasteiger partial charge in [-0.25, -0.2) is 0 Å². The molecule has 0 radical (unpaired) electrons. The zero-order valence-electron chi connectivity index (χ0n) is 20.4. The number of aliphatic hydroxyl groups excluding tert-OH is 1. The summed E-state index contributed by atoms with van der Waals surface area (Å²) in [6.07, 6.45) is 7.58. The lowest BCUT2D eigenvalue weighted by Gasteiger charge is -2.35. The molecule has 182 valence electrons. The van der Waals surface area contributed by atoms with Gasteiger partial charge in [0.05, 0.1) is 24.7 Å². The fraction of sp³-hybridized carbons (Fsp3) is 0.448. The molecule has 2 fully saturated rings. The molecule has 6 heteroatoms. The van der Waals surface area contributed by atoms with Gasteiger partial charge in [-0.2, -0.15) is 0 Å². The molecular formula is C29H32N2O4. The maximum atomic E-state index is 10.2. The maximum absolute atomic E-state index is 10.2. The smallest absolute Gasteiger partial charge is 0.247 e. The average molecular weight is 473 g/mol. The van der Waals surface area contributed by atoms with Crippen LogP contribution in [0.3, 0.4) is 0 Å². The monoisotopic (exact) mass is 472 g/mol. The number of aliphatic hydroxyl groups is 1. The predicted molar refractivity (Wildman–Crippen MR) is 133 cm³/mol. The van der Waals surface area contributed by atoms with Gasteiger partial charge in [-0.1, -0.05) is 24.0 Å². The van der Waals surface area contributed by atoms with E-state index in [9.17, 15) is 5.11 Å². The molecule has 0 aliphatic heterocycles. The van der Waals surface area contributed by atoms with Gasteiger partial charge in [0.2, 0.25) is 11.8 Å². The van der Waals surface area contributed by atoms with E-state index in [-0.39, 0.29) is 17.6 Å².